The van der Waals surface area contributed by atoms with Crippen LogP contribution in [0.3, 0.4) is 0 Å². The van der Waals surface area contributed by atoms with Gasteiger partial charge in [-0.2, -0.15) is 5.10 Å². The number of rotatable bonds is 4. The lowest BCUT2D eigenvalue weighted by molar-refractivity contribution is 0.102. The molecule has 0 radical (unpaired) electrons. The first-order chi connectivity index (χ1) is 8.22. The number of hydrogen-bond acceptors (Lipinski definition) is 2. The molecule has 0 unspecified atom stereocenters. The zero-order valence-electron chi connectivity index (χ0n) is 9.56. The summed E-state index contributed by atoms with van der Waals surface area (Å²) in [6.07, 6.45) is 2.48. The Kier molecular flexibility index (Phi) is 3.32. The van der Waals surface area contributed by atoms with Crippen LogP contribution in [0.25, 0.3) is 0 Å². The van der Waals surface area contributed by atoms with Crippen LogP contribution in [-0.4, -0.2) is 15.6 Å². The molecule has 88 valence electrons. The monoisotopic (exact) mass is 232 g/mol. The number of nitrogens with zero attached hydrogens (tertiary/aromatic N) is 2. The van der Waals surface area contributed by atoms with E-state index in [1.165, 1.54) is 18.2 Å². The lowest BCUT2D eigenvalue weighted by Gasteiger charge is -2.05. The predicted molar refractivity (Wildman–Crippen MR) is 62.4 cm³/mol. The molecular formula is C13H13FN2O. The van der Waals surface area contributed by atoms with Gasteiger partial charge in [-0.15, -0.1) is 0 Å². The first-order valence-electron chi connectivity index (χ1n) is 5.54. The molecule has 1 heterocycles. The van der Waals surface area contributed by atoms with Gasteiger partial charge < -0.3 is 0 Å². The second kappa shape index (κ2) is 4.91. The van der Waals surface area contributed by atoms with Crippen LogP contribution >= 0.6 is 0 Å². The van der Waals surface area contributed by atoms with Crippen molar-refractivity contribution in [1.29, 1.82) is 0 Å². The van der Waals surface area contributed by atoms with Gasteiger partial charge in [-0.3, -0.25) is 9.48 Å². The van der Waals surface area contributed by atoms with Crippen molar-refractivity contribution in [3.63, 3.8) is 0 Å². The third kappa shape index (κ3) is 2.41. The molecule has 3 nitrogen and oxygen atoms in total. The number of benzene rings is 1. The van der Waals surface area contributed by atoms with E-state index in [1.54, 1.807) is 23.0 Å². The van der Waals surface area contributed by atoms with E-state index in [4.69, 9.17) is 0 Å². The van der Waals surface area contributed by atoms with E-state index in [1.807, 2.05) is 6.92 Å². The van der Waals surface area contributed by atoms with E-state index in [-0.39, 0.29) is 5.78 Å². The Balaban J connectivity index is 2.33. The molecule has 0 fully saturated rings. The quantitative estimate of drug-likeness (QED) is 0.759. The van der Waals surface area contributed by atoms with E-state index in [2.05, 4.69) is 5.10 Å². The Hall–Kier alpha value is -1.97. The standard InChI is InChI=1S/C13H13FN2O/c1-2-8-16-12(6-7-15-16)13(17)10-4-3-5-11(14)9-10/h3-7,9H,2,8H2,1H3. The van der Waals surface area contributed by atoms with E-state index < -0.39 is 5.82 Å². The number of halogens is 1. The minimum atomic E-state index is -0.405. The Labute approximate surface area is 98.9 Å². The molecule has 2 rings (SSSR count). The zero-order chi connectivity index (χ0) is 12.3. The van der Waals surface area contributed by atoms with Crippen molar-refractivity contribution in [3.8, 4) is 0 Å². The number of hydrogen-bond donors (Lipinski definition) is 0. The number of aromatic nitrogens is 2. The summed E-state index contributed by atoms with van der Waals surface area (Å²) in [5.41, 5.74) is 0.848. The van der Waals surface area contributed by atoms with Gasteiger partial charge in [0, 0.05) is 18.3 Å². The van der Waals surface area contributed by atoms with Gasteiger partial charge >= 0.3 is 0 Å². The van der Waals surface area contributed by atoms with E-state index in [0.29, 0.717) is 17.8 Å². The molecule has 0 saturated carbocycles. The molecule has 17 heavy (non-hydrogen) atoms. The van der Waals surface area contributed by atoms with Crippen molar-refractivity contribution in [3.05, 3.63) is 53.6 Å². The third-order valence-electron chi connectivity index (χ3n) is 2.47. The smallest absolute Gasteiger partial charge is 0.211 e. The maximum Gasteiger partial charge on any atom is 0.211 e. The fraction of sp³-hybridized carbons (Fsp3) is 0.231. The SMILES string of the molecule is CCCn1nccc1C(=O)c1cccc(F)c1. The summed E-state index contributed by atoms with van der Waals surface area (Å²) in [4.78, 5) is 12.1. The summed E-state index contributed by atoms with van der Waals surface area (Å²) in [5.74, 6) is -0.604. The van der Waals surface area contributed by atoms with Crippen LogP contribution in [0, 0.1) is 5.82 Å². The van der Waals surface area contributed by atoms with Gasteiger partial charge in [0.05, 0.1) is 0 Å². The van der Waals surface area contributed by atoms with Crippen LogP contribution < -0.4 is 0 Å². The Bertz CT molecular complexity index is 534. The summed E-state index contributed by atoms with van der Waals surface area (Å²) >= 11 is 0. The number of aryl methyl sites for hydroxylation is 1. The van der Waals surface area contributed by atoms with Crippen molar-refractivity contribution in [1.82, 2.24) is 9.78 Å². The van der Waals surface area contributed by atoms with E-state index in [9.17, 15) is 9.18 Å². The fourth-order valence-electron chi connectivity index (χ4n) is 1.69. The highest BCUT2D eigenvalue weighted by atomic mass is 19.1. The molecule has 0 bridgehead atoms. The molecule has 0 aliphatic rings. The molecule has 1 aromatic carbocycles. The molecule has 0 aliphatic heterocycles. The lowest BCUT2D eigenvalue weighted by atomic mass is 10.1. The topological polar surface area (TPSA) is 34.9 Å². The molecule has 0 N–H and O–H groups in total. The average Bonchev–Trinajstić information content (AvgIpc) is 2.77. The second-order valence-corrected chi connectivity index (χ2v) is 3.78. The van der Waals surface area contributed by atoms with Gasteiger partial charge in [0.1, 0.15) is 11.5 Å². The summed E-state index contributed by atoms with van der Waals surface area (Å²) in [6, 6.07) is 7.35. The number of carbonyl (C=O) groups is 1. The summed E-state index contributed by atoms with van der Waals surface area (Å²) < 4.78 is 14.7. The molecule has 4 heteroatoms. The zero-order valence-corrected chi connectivity index (χ0v) is 9.56. The highest BCUT2D eigenvalue weighted by Gasteiger charge is 2.14. The van der Waals surface area contributed by atoms with Gasteiger partial charge in [0.2, 0.25) is 5.78 Å². The van der Waals surface area contributed by atoms with Crippen LogP contribution in [-0.2, 0) is 6.54 Å². The number of carbonyl (C=O) groups excluding carboxylic acids is 1. The Morgan fingerprint density at radius 3 is 2.94 bits per heavy atom. The fourth-order valence-corrected chi connectivity index (χ4v) is 1.69. The van der Waals surface area contributed by atoms with Crippen molar-refractivity contribution >= 4 is 5.78 Å². The highest BCUT2D eigenvalue weighted by molar-refractivity contribution is 6.07. The largest absolute Gasteiger partial charge is 0.287 e. The third-order valence-corrected chi connectivity index (χ3v) is 2.47. The van der Waals surface area contributed by atoms with Crippen LogP contribution in [0.2, 0.25) is 0 Å². The second-order valence-electron chi connectivity index (χ2n) is 3.78. The molecule has 0 saturated heterocycles. The summed E-state index contributed by atoms with van der Waals surface area (Å²) in [6.45, 7) is 2.70. The van der Waals surface area contributed by atoms with Crippen molar-refractivity contribution in [2.24, 2.45) is 0 Å². The minimum Gasteiger partial charge on any atom is -0.287 e. The van der Waals surface area contributed by atoms with Gasteiger partial charge in [-0.1, -0.05) is 19.1 Å². The van der Waals surface area contributed by atoms with E-state index in [0.717, 1.165) is 6.42 Å². The lowest BCUT2D eigenvalue weighted by Crippen LogP contribution is -2.11. The van der Waals surface area contributed by atoms with E-state index >= 15 is 0 Å². The Morgan fingerprint density at radius 2 is 2.24 bits per heavy atom. The first kappa shape index (κ1) is 11.5. The maximum atomic E-state index is 13.0. The van der Waals surface area contributed by atoms with Gasteiger partial charge in [0.15, 0.2) is 0 Å². The predicted octanol–water partition coefficient (Wildman–Crippen LogP) is 2.66. The molecule has 2 aromatic rings. The molecular weight excluding hydrogens is 219 g/mol. The van der Waals surface area contributed by atoms with Gasteiger partial charge in [-0.05, 0) is 24.6 Å². The molecule has 0 amide bonds. The average molecular weight is 232 g/mol. The van der Waals surface area contributed by atoms with Crippen LogP contribution in [0.1, 0.15) is 29.4 Å². The molecule has 1 aromatic heterocycles. The Morgan fingerprint density at radius 1 is 1.41 bits per heavy atom. The normalized spacial score (nSPS) is 10.5. The minimum absolute atomic E-state index is 0.199. The highest BCUT2D eigenvalue weighted by Crippen LogP contribution is 2.11. The molecule has 0 aliphatic carbocycles. The summed E-state index contributed by atoms with van der Waals surface area (Å²) in [7, 11) is 0. The molecule has 0 atom stereocenters. The molecule has 0 spiro atoms. The van der Waals surface area contributed by atoms with Crippen LogP contribution in [0.4, 0.5) is 4.39 Å². The maximum absolute atomic E-state index is 13.0. The van der Waals surface area contributed by atoms with Crippen LogP contribution in [0.15, 0.2) is 36.5 Å². The van der Waals surface area contributed by atoms with Crippen molar-refractivity contribution in [2.45, 2.75) is 19.9 Å². The first-order valence-corrected chi connectivity index (χ1v) is 5.54. The van der Waals surface area contributed by atoms with Crippen LogP contribution in [0.5, 0.6) is 0 Å². The van der Waals surface area contributed by atoms with Crippen molar-refractivity contribution in [2.75, 3.05) is 0 Å². The number of ketones is 1. The summed E-state index contributed by atoms with van der Waals surface area (Å²) in [5, 5.41) is 4.08. The van der Waals surface area contributed by atoms with Gasteiger partial charge in [0.25, 0.3) is 0 Å². The van der Waals surface area contributed by atoms with Crippen molar-refractivity contribution < 1.29 is 9.18 Å². The van der Waals surface area contributed by atoms with Gasteiger partial charge in [-0.25, -0.2) is 4.39 Å².